The molecule has 7 heteroatoms. The number of unbranched alkanes of at least 4 members (excludes halogenated alkanes) is 1. The molecule has 0 bridgehead atoms. The number of nitrogens with zero attached hydrogens (tertiary/aromatic N) is 1. The quantitative estimate of drug-likeness (QED) is 0.388. The van der Waals surface area contributed by atoms with Crippen LogP contribution in [0.1, 0.15) is 63.7 Å². The number of benzene rings is 2. The van der Waals surface area contributed by atoms with Crippen molar-refractivity contribution in [3.05, 3.63) is 65.2 Å². The second-order valence-electron chi connectivity index (χ2n) is 7.03. The molecule has 30 heavy (non-hydrogen) atoms. The molecular weight excluding hydrogens is 384 g/mol. The average molecular weight is 408 g/mol. The average Bonchev–Trinajstić information content (AvgIpc) is 2.99. The van der Waals surface area contributed by atoms with Gasteiger partial charge in [-0.25, -0.2) is 4.79 Å². The minimum atomic E-state index is -0.426. The van der Waals surface area contributed by atoms with Crippen LogP contribution >= 0.6 is 0 Å². The van der Waals surface area contributed by atoms with Crippen molar-refractivity contribution >= 4 is 29.4 Å². The van der Waals surface area contributed by atoms with Crippen LogP contribution in [-0.2, 0) is 9.53 Å². The third-order valence-corrected chi connectivity index (χ3v) is 4.78. The molecule has 0 saturated heterocycles. The van der Waals surface area contributed by atoms with Crippen LogP contribution in [0.25, 0.3) is 0 Å². The van der Waals surface area contributed by atoms with E-state index in [9.17, 15) is 19.2 Å². The van der Waals surface area contributed by atoms with Crippen LogP contribution in [0, 0.1) is 0 Å². The molecule has 0 fully saturated rings. The summed E-state index contributed by atoms with van der Waals surface area (Å²) in [5, 5.41) is 2.73. The molecule has 0 aromatic heterocycles. The molecular formula is C23H24N2O5. The molecule has 1 N–H and O–H groups in total. The van der Waals surface area contributed by atoms with Gasteiger partial charge in [0.25, 0.3) is 11.8 Å². The highest BCUT2D eigenvalue weighted by Gasteiger charge is 2.34. The summed E-state index contributed by atoms with van der Waals surface area (Å²) in [6, 6.07) is 13.2. The zero-order chi connectivity index (χ0) is 21.5. The Morgan fingerprint density at radius 2 is 1.67 bits per heavy atom. The monoisotopic (exact) mass is 408 g/mol. The standard InChI is InChI=1S/C23H24N2O5/c1-2-3-14-30-23(29)16-8-6-9-17(15-16)24-20(26)12-7-13-25-21(27)18-10-4-5-11-19(18)22(25)28/h4-6,8-11,15H,2-3,7,12-14H2,1H3,(H,24,26). The zero-order valence-electron chi connectivity index (χ0n) is 16.8. The maximum absolute atomic E-state index is 12.3. The van der Waals surface area contributed by atoms with Crippen molar-refractivity contribution in [2.24, 2.45) is 0 Å². The minimum Gasteiger partial charge on any atom is -0.462 e. The van der Waals surface area contributed by atoms with Gasteiger partial charge in [0.05, 0.1) is 23.3 Å². The molecule has 0 aliphatic carbocycles. The maximum Gasteiger partial charge on any atom is 0.338 e. The van der Waals surface area contributed by atoms with Crippen LogP contribution in [0.2, 0.25) is 0 Å². The number of amides is 3. The molecule has 1 aliphatic heterocycles. The first-order valence-corrected chi connectivity index (χ1v) is 10.0. The first-order chi connectivity index (χ1) is 14.5. The third kappa shape index (κ3) is 4.92. The van der Waals surface area contributed by atoms with Gasteiger partial charge in [-0.05, 0) is 43.2 Å². The van der Waals surface area contributed by atoms with E-state index in [1.807, 2.05) is 6.92 Å². The summed E-state index contributed by atoms with van der Waals surface area (Å²) in [4.78, 5) is 50.1. The van der Waals surface area contributed by atoms with E-state index in [0.717, 1.165) is 12.8 Å². The van der Waals surface area contributed by atoms with Gasteiger partial charge in [0.2, 0.25) is 5.91 Å². The summed E-state index contributed by atoms with van der Waals surface area (Å²) >= 11 is 0. The SMILES string of the molecule is CCCCOC(=O)c1cccc(NC(=O)CCCN2C(=O)c3ccccc3C2=O)c1. The summed E-state index contributed by atoms with van der Waals surface area (Å²) in [7, 11) is 0. The lowest BCUT2D eigenvalue weighted by Gasteiger charge is -2.13. The number of rotatable bonds is 9. The van der Waals surface area contributed by atoms with E-state index in [4.69, 9.17) is 4.74 Å². The van der Waals surface area contributed by atoms with Gasteiger partial charge in [0.1, 0.15) is 0 Å². The van der Waals surface area contributed by atoms with E-state index >= 15 is 0 Å². The van der Waals surface area contributed by atoms with E-state index in [1.165, 1.54) is 4.90 Å². The molecule has 0 saturated carbocycles. The number of carbonyl (C=O) groups excluding carboxylic acids is 4. The molecule has 2 aromatic carbocycles. The topological polar surface area (TPSA) is 92.8 Å². The Morgan fingerprint density at radius 1 is 0.967 bits per heavy atom. The Balaban J connectivity index is 1.49. The fraction of sp³-hybridized carbons (Fsp3) is 0.304. The largest absolute Gasteiger partial charge is 0.462 e. The number of imide groups is 1. The molecule has 156 valence electrons. The molecule has 1 aliphatic rings. The summed E-state index contributed by atoms with van der Waals surface area (Å²) in [6.45, 7) is 2.55. The predicted molar refractivity (Wildman–Crippen MR) is 111 cm³/mol. The molecule has 0 spiro atoms. The van der Waals surface area contributed by atoms with Crippen molar-refractivity contribution in [3.8, 4) is 0 Å². The van der Waals surface area contributed by atoms with Crippen molar-refractivity contribution < 1.29 is 23.9 Å². The smallest absolute Gasteiger partial charge is 0.338 e. The third-order valence-electron chi connectivity index (χ3n) is 4.78. The molecule has 3 rings (SSSR count). The number of anilines is 1. The fourth-order valence-electron chi connectivity index (χ4n) is 3.18. The van der Waals surface area contributed by atoms with Crippen LogP contribution in [0.5, 0.6) is 0 Å². The van der Waals surface area contributed by atoms with Crippen molar-refractivity contribution in [2.75, 3.05) is 18.5 Å². The van der Waals surface area contributed by atoms with Crippen LogP contribution in [0.4, 0.5) is 5.69 Å². The van der Waals surface area contributed by atoms with Gasteiger partial charge in [0, 0.05) is 18.7 Å². The molecule has 1 heterocycles. The van der Waals surface area contributed by atoms with Crippen LogP contribution in [0.3, 0.4) is 0 Å². The molecule has 0 atom stereocenters. The predicted octanol–water partition coefficient (Wildman–Crippen LogP) is 3.66. The summed E-state index contributed by atoms with van der Waals surface area (Å²) in [5.74, 6) is -1.34. The van der Waals surface area contributed by atoms with E-state index < -0.39 is 5.97 Å². The van der Waals surface area contributed by atoms with Crippen molar-refractivity contribution in [1.29, 1.82) is 0 Å². The second-order valence-corrected chi connectivity index (χ2v) is 7.03. The lowest BCUT2D eigenvalue weighted by Crippen LogP contribution is -2.31. The Bertz CT molecular complexity index is 935. The molecule has 0 unspecified atom stereocenters. The minimum absolute atomic E-state index is 0.137. The fourth-order valence-corrected chi connectivity index (χ4v) is 3.18. The number of hydrogen-bond acceptors (Lipinski definition) is 5. The van der Waals surface area contributed by atoms with Crippen molar-refractivity contribution in [2.45, 2.75) is 32.6 Å². The Hall–Kier alpha value is -3.48. The van der Waals surface area contributed by atoms with Gasteiger partial charge in [-0.15, -0.1) is 0 Å². The zero-order valence-corrected chi connectivity index (χ0v) is 16.8. The lowest BCUT2D eigenvalue weighted by atomic mass is 10.1. The highest BCUT2D eigenvalue weighted by molar-refractivity contribution is 6.21. The van der Waals surface area contributed by atoms with Gasteiger partial charge < -0.3 is 10.1 Å². The highest BCUT2D eigenvalue weighted by Crippen LogP contribution is 2.22. The van der Waals surface area contributed by atoms with Crippen molar-refractivity contribution in [1.82, 2.24) is 4.90 Å². The van der Waals surface area contributed by atoms with Gasteiger partial charge in [-0.1, -0.05) is 31.5 Å². The molecule has 0 radical (unpaired) electrons. The molecule has 3 amide bonds. The molecule has 2 aromatic rings. The number of carbonyl (C=O) groups is 4. The first kappa shape index (κ1) is 21.2. The Kier molecular flexibility index (Phi) is 6.95. The molecule has 7 nitrogen and oxygen atoms in total. The Labute approximate surface area is 175 Å². The van der Waals surface area contributed by atoms with E-state index in [1.54, 1.807) is 48.5 Å². The van der Waals surface area contributed by atoms with Crippen LogP contribution in [-0.4, -0.2) is 41.7 Å². The van der Waals surface area contributed by atoms with Gasteiger partial charge in [-0.3, -0.25) is 19.3 Å². The first-order valence-electron chi connectivity index (χ1n) is 10.0. The van der Waals surface area contributed by atoms with Gasteiger partial charge in [-0.2, -0.15) is 0 Å². The van der Waals surface area contributed by atoms with Crippen LogP contribution < -0.4 is 5.32 Å². The number of fused-ring (bicyclic) bond motifs is 1. The second kappa shape index (κ2) is 9.82. The summed E-state index contributed by atoms with van der Waals surface area (Å²) in [6.07, 6.45) is 2.22. The number of nitrogens with one attached hydrogen (secondary N) is 1. The number of hydrogen-bond donors (Lipinski definition) is 1. The van der Waals surface area contributed by atoms with Crippen molar-refractivity contribution in [3.63, 3.8) is 0 Å². The maximum atomic E-state index is 12.3. The summed E-state index contributed by atoms with van der Waals surface area (Å²) in [5.41, 5.74) is 1.66. The lowest BCUT2D eigenvalue weighted by molar-refractivity contribution is -0.116. The van der Waals surface area contributed by atoms with E-state index in [2.05, 4.69) is 5.32 Å². The normalized spacial score (nSPS) is 12.6. The van der Waals surface area contributed by atoms with E-state index in [0.29, 0.717) is 35.4 Å². The van der Waals surface area contributed by atoms with Gasteiger partial charge >= 0.3 is 5.97 Å². The number of esters is 1. The van der Waals surface area contributed by atoms with Gasteiger partial charge in [0.15, 0.2) is 0 Å². The Morgan fingerprint density at radius 3 is 2.33 bits per heavy atom. The summed E-state index contributed by atoms with van der Waals surface area (Å²) < 4.78 is 5.18. The van der Waals surface area contributed by atoms with E-state index in [-0.39, 0.29) is 30.7 Å². The highest BCUT2D eigenvalue weighted by atomic mass is 16.5. The van der Waals surface area contributed by atoms with Crippen LogP contribution in [0.15, 0.2) is 48.5 Å². The number of ether oxygens (including phenoxy) is 1.